The van der Waals surface area contributed by atoms with Crippen LogP contribution in [0.3, 0.4) is 0 Å². The molecule has 0 radical (unpaired) electrons. The van der Waals surface area contributed by atoms with Crippen molar-refractivity contribution in [3.8, 4) is 0 Å². The maximum atomic E-state index is 12.1. The molecule has 27 heavy (non-hydrogen) atoms. The highest BCUT2D eigenvalue weighted by Gasteiger charge is 2.15. The minimum absolute atomic E-state index is 0.0879. The zero-order valence-corrected chi connectivity index (χ0v) is 15.4. The van der Waals surface area contributed by atoms with Gasteiger partial charge >= 0.3 is 5.97 Å². The van der Waals surface area contributed by atoms with Gasteiger partial charge in [-0.25, -0.2) is 4.98 Å². The van der Waals surface area contributed by atoms with Crippen molar-refractivity contribution in [2.45, 2.75) is 32.9 Å². The molecule has 1 amide bonds. The number of nitrogens with zero attached hydrogens (tertiary/aromatic N) is 3. The van der Waals surface area contributed by atoms with Crippen molar-refractivity contribution in [2.75, 3.05) is 6.54 Å². The summed E-state index contributed by atoms with van der Waals surface area (Å²) in [4.78, 5) is 32.8. The number of amides is 1. The van der Waals surface area contributed by atoms with Crippen molar-refractivity contribution in [2.24, 2.45) is 0 Å². The van der Waals surface area contributed by atoms with E-state index in [1.54, 1.807) is 18.3 Å². The average Bonchev–Trinajstić information content (AvgIpc) is 2.99. The lowest BCUT2D eigenvalue weighted by Crippen LogP contribution is -2.27. The fourth-order valence-corrected chi connectivity index (χ4v) is 2.81. The summed E-state index contributed by atoms with van der Waals surface area (Å²) in [5.74, 6) is 0.224. The third-order valence-electron chi connectivity index (χ3n) is 3.95. The second-order valence-electron chi connectivity index (χ2n) is 6.39. The first-order chi connectivity index (χ1) is 13.0. The van der Waals surface area contributed by atoms with Gasteiger partial charge < -0.3 is 14.6 Å². The van der Waals surface area contributed by atoms with Gasteiger partial charge in [0.25, 0.3) is 5.91 Å². The van der Waals surface area contributed by atoms with Gasteiger partial charge in [0.2, 0.25) is 0 Å². The van der Waals surface area contributed by atoms with Crippen LogP contribution in [-0.2, 0) is 22.5 Å². The number of benzene rings is 1. The van der Waals surface area contributed by atoms with Gasteiger partial charge in [-0.15, -0.1) is 0 Å². The molecule has 0 unspecified atom stereocenters. The van der Waals surface area contributed by atoms with E-state index in [1.165, 1.54) is 6.20 Å². The van der Waals surface area contributed by atoms with Crippen LogP contribution >= 0.6 is 0 Å². The van der Waals surface area contributed by atoms with Gasteiger partial charge in [0.05, 0.1) is 22.7 Å². The molecule has 1 aromatic carbocycles. The van der Waals surface area contributed by atoms with E-state index >= 15 is 0 Å². The molecule has 2 aromatic heterocycles. The number of para-hydroxylation sites is 2. The Labute approximate surface area is 157 Å². The molecule has 1 N–H and O–H groups in total. The number of imidazole rings is 1. The number of hydrogen-bond donors (Lipinski definition) is 1. The Bertz CT molecular complexity index is 935. The number of hydrogen-bond acceptors (Lipinski definition) is 5. The van der Waals surface area contributed by atoms with Crippen molar-refractivity contribution >= 4 is 22.9 Å². The van der Waals surface area contributed by atoms with Gasteiger partial charge in [0.15, 0.2) is 0 Å². The molecule has 2 heterocycles. The van der Waals surface area contributed by atoms with Crippen LogP contribution in [0.15, 0.2) is 48.8 Å². The van der Waals surface area contributed by atoms with E-state index in [1.807, 2.05) is 42.7 Å². The van der Waals surface area contributed by atoms with Gasteiger partial charge in [-0.1, -0.05) is 12.1 Å². The number of aromatic nitrogens is 3. The minimum Gasteiger partial charge on any atom is -0.462 e. The molecule has 0 aliphatic carbocycles. The van der Waals surface area contributed by atoms with E-state index in [0.717, 1.165) is 16.9 Å². The van der Waals surface area contributed by atoms with Gasteiger partial charge in [0, 0.05) is 25.4 Å². The predicted octanol–water partition coefficient (Wildman–Crippen LogP) is 2.36. The molecule has 0 aliphatic heterocycles. The topological polar surface area (TPSA) is 86.1 Å². The molecule has 0 fully saturated rings. The molecule has 3 rings (SSSR count). The third kappa shape index (κ3) is 4.69. The van der Waals surface area contributed by atoms with Crippen LogP contribution in [0.5, 0.6) is 0 Å². The zero-order valence-electron chi connectivity index (χ0n) is 15.4. The normalized spacial score (nSPS) is 10.9. The molecular weight excluding hydrogens is 344 g/mol. The summed E-state index contributed by atoms with van der Waals surface area (Å²) in [7, 11) is 0. The minimum atomic E-state index is -0.311. The summed E-state index contributed by atoms with van der Waals surface area (Å²) in [6, 6.07) is 11.1. The largest absolute Gasteiger partial charge is 0.462 e. The van der Waals surface area contributed by atoms with Crippen molar-refractivity contribution in [3.63, 3.8) is 0 Å². The standard InChI is InChI=1S/C20H22N4O3/c1-14(2)27-19(25)13-24-17-8-4-3-7-16(17)23-18(24)9-11-22-20(26)15-6-5-10-21-12-15/h3-8,10,12,14H,9,11,13H2,1-2H3,(H,22,26). The van der Waals surface area contributed by atoms with Gasteiger partial charge in [-0.3, -0.25) is 14.6 Å². The van der Waals surface area contributed by atoms with E-state index in [0.29, 0.717) is 18.5 Å². The van der Waals surface area contributed by atoms with Crippen molar-refractivity contribution in [1.29, 1.82) is 0 Å². The van der Waals surface area contributed by atoms with E-state index in [2.05, 4.69) is 15.3 Å². The van der Waals surface area contributed by atoms with Crippen LogP contribution in [0.2, 0.25) is 0 Å². The first-order valence-corrected chi connectivity index (χ1v) is 8.86. The van der Waals surface area contributed by atoms with Crippen LogP contribution in [-0.4, -0.2) is 39.1 Å². The first kappa shape index (κ1) is 18.6. The predicted molar refractivity (Wildman–Crippen MR) is 101 cm³/mol. The molecule has 0 bridgehead atoms. The number of esters is 1. The quantitative estimate of drug-likeness (QED) is 0.649. The second-order valence-corrected chi connectivity index (χ2v) is 6.39. The van der Waals surface area contributed by atoms with Crippen LogP contribution in [0.1, 0.15) is 30.0 Å². The SMILES string of the molecule is CC(C)OC(=O)Cn1c(CCNC(=O)c2cccnc2)nc2ccccc21. The maximum Gasteiger partial charge on any atom is 0.326 e. The molecule has 3 aromatic rings. The highest BCUT2D eigenvalue weighted by Crippen LogP contribution is 2.16. The molecular formula is C20H22N4O3. The monoisotopic (exact) mass is 366 g/mol. The van der Waals surface area contributed by atoms with Crippen molar-refractivity contribution in [3.05, 3.63) is 60.2 Å². The lowest BCUT2D eigenvalue weighted by molar-refractivity contribution is -0.148. The van der Waals surface area contributed by atoms with Crippen molar-refractivity contribution in [1.82, 2.24) is 19.9 Å². The van der Waals surface area contributed by atoms with Gasteiger partial charge in [-0.2, -0.15) is 0 Å². The molecule has 0 saturated carbocycles. The number of rotatable bonds is 7. The zero-order chi connectivity index (χ0) is 19.2. The van der Waals surface area contributed by atoms with Gasteiger partial charge in [0.1, 0.15) is 12.4 Å². The van der Waals surface area contributed by atoms with E-state index in [-0.39, 0.29) is 24.5 Å². The van der Waals surface area contributed by atoms with Crippen molar-refractivity contribution < 1.29 is 14.3 Å². The Hall–Kier alpha value is -3.22. The van der Waals surface area contributed by atoms with Crippen LogP contribution in [0.25, 0.3) is 11.0 Å². The van der Waals surface area contributed by atoms with Crippen LogP contribution < -0.4 is 5.32 Å². The summed E-state index contributed by atoms with van der Waals surface area (Å²) < 4.78 is 7.11. The Kier molecular flexibility index (Phi) is 5.80. The highest BCUT2D eigenvalue weighted by atomic mass is 16.5. The molecule has 140 valence electrons. The number of carbonyl (C=O) groups is 2. The Morgan fingerprint density at radius 3 is 2.74 bits per heavy atom. The van der Waals surface area contributed by atoms with E-state index in [4.69, 9.17) is 4.74 Å². The lowest BCUT2D eigenvalue weighted by atomic mass is 10.2. The summed E-state index contributed by atoms with van der Waals surface area (Å²) in [6.45, 7) is 4.12. The van der Waals surface area contributed by atoms with Crippen LogP contribution in [0.4, 0.5) is 0 Å². The number of fused-ring (bicyclic) bond motifs is 1. The Balaban J connectivity index is 1.72. The average molecular weight is 366 g/mol. The smallest absolute Gasteiger partial charge is 0.326 e. The van der Waals surface area contributed by atoms with E-state index < -0.39 is 0 Å². The van der Waals surface area contributed by atoms with Crippen LogP contribution in [0, 0.1) is 0 Å². The molecule has 0 atom stereocenters. The van der Waals surface area contributed by atoms with E-state index in [9.17, 15) is 9.59 Å². The molecule has 0 spiro atoms. The molecule has 7 heteroatoms. The lowest BCUT2D eigenvalue weighted by Gasteiger charge is -2.12. The number of ether oxygens (including phenoxy) is 1. The molecule has 0 saturated heterocycles. The third-order valence-corrected chi connectivity index (χ3v) is 3.95. The summed E-state index contributed by atoms with van der Waals surface area (Å²) in [5, 5.41) is 2.86. The molecule has 0 aliphatic rings. The summed E-state index contributed by atoms with van der Waals surface area (Å²) in [5.41, 5.74) is 2.18. The second kappa shape index (κ2) is 8.44. The van der Waals surface area contributed by atoms with Gasteiger partial charge in [-0.05, 0) is 38.1 Å². The number of nitrogens with one attached hydrogen (secondary N) is 1. The summed E-state index contributed by atoms with van der Waals surface area (Å²) in [6.07, 6.45) is 3.46. The number of carbonyl (C=O) groups excluding carboxylic acids is 2. The number of pyridine rings is 1. The molecule has 7 nitrogen and oxygen atoms in total. The highest BCUT2D eigenvalue weighted by molar-refractivity contribution is 5.93. The fraction of sp³-hybridized carbons (Fsp3) is 0.300. The summed E-state index contributed by atoms with van der Waals surface area (Å²) >= 11 is 0. The Morgan fingerprint density at radius 2 is 2.00 bits per heavy atom. The maximum absolute atomic E-state index is 12.1. The fourth-order valence-electron chi connectivity index (χ4n) is 2.81. The Morgan fingerprint density at radius 1 is 1.19 bits per heavy atom. The first-order valence-electron chi connectivity index (χ1n) is 8.86.